The summed E-state index contributed by atoms with van der Waals surface area (Å²) in [5, 5.41) is 0. The number of fused-ring (bicyclic) bond motifs is 2. The van der Waals surface area contributed by atoms with Crippen LogP contribution in [-0.4, -0.2) is 11.4 Å². The lowest BCUT2D eigenvalue weighted by atomic mass is 9.97. The predicted octanol–water partition coefficient (Wildman–Crippen LogP) is 5.14. The molecule has 2 nitrogen and oxygen atoms in total. The van der Waals surface area contributed by atoms with E-state index in [0.29, 0.717) is 0 Å². The van der Waals surface area contributed by atoms with Crippen LogP contribution in [0.4, 0.5) is 11.4 Å². The Morgan fingerprint density at radius 3 is 2.04 bits per heavy atom. The average Bonchev–Trinajstić information content (AvgIpc) is 3.13. The van der Waals surface area contributed by atoms with Gasteiger partial charge in [0.1, 0.15) is 0 Å². The fraction of sp³-hybridized carbons (Fsp3) is 0.333. The van der Waals surface area contributed by atoms with Crippen molar-refractivity contribution < 1.29 is 0 Å². The molecule has 0 saturated heterocycles. The van der Waals surface area contributed by atoms with Gasteiger partial charge in [-0.3, -0.25) is 9.98 Å². The predicted molar refractivity (Wildman–Crippen MR) is 98.0 cm³/mol. The van der Waals surface area contributed by atoms with Gasteiger partial charge in [-0.2, -0.15) is 0 Å². The molecule has 2 aromatic rings. The quantitative estimate of drug-likeness (QED) is 0.750. The summed E-state index contributed by atoms with van der Waals surface area (Å²) in [4.78, 5) is 9.59. The molecule has 0 atom stereocenters. The van der Waals surface area contributed by atoms with Gasteiger partial charge >= 0.3 is 0 Å². The molecule has 2 aromatic carbocycles. The lowest BCUT2D eigenvalue weighted by Crippen LogP contribution is -2.02. The number of aliphatic imine (C=N–C) groups is 2. The van der Waals surface area contributed by atoms with Gasteiger partial charge in [0.25, 0.3) is 0 Å². The van der Waals surface area contributed by atoms with Gasteiger partial charge in [-0.05, 0) is 71.8 Å². The molecule has 2 heteroatoms. The summed E-state index contributed by atoms with van der Waals surface area (Å²) in [6, 6.07) is 11.4. The number of aryl methyl sites for hydroxylation is 2. The standard InChI is InChI=1S/C21H22N2/c1-4-14-7-15(5-2)9-17(8-14)20-12-18-11-19-16(6-13(3)22-19)10-21(18)23-20/h7-11H,4-6,12H2,1-3H3. The van der Waals surface area contributed by atoms with Gasteiger partial charge in [-0.25, -0.2) is 0 Å². The van der Waals surface area contributed by atoms with Crippen molar-refractivity contribution in [3.63, 3.8) is 0 Å². The van der Waals surface area contributed by atoms with Gasteiger partial charge in [0, 0.05) is 18.6 Å². The van der Waals surface area contributed by atoms with Crippen LogP contribution < -0.4 is 0 Å². The molecule has 2 aliphatic heterocycles. The molecule has 0 bridgehead atoms. The van der Waals surface area contributed by atoms with E-state index in [1.165, 1.54) is 39.2 Å². The van der Waals surface area contributed by atoms with E-state index >= 15 is 0 Å². The zero-order valence-corrected chi connectivity index (χ0v) is 14.1. The molecule has 4 rings (SSSR count). The van der Waals surface area contributed by atoms with Crippen LogP contribution in [0.1, 0.15) is 48.6 Å². The molecule has 0 amide bonds. The normalized spacial score (nSPS) is 15.3. The molecule has 0 spiro atoms. The highest BCUT2D eigenvalue weighted by Gasteiger charge is 2.21. The van der Waals surface area contributed by atoms with Crippen LogP contribution >= 0.6 is 0 Å². The van der Waals surface area contributed by atoms with Crippen LogP contribution in [0.25, 0.3) is 0 Å². The minimum atomic E-state index is 0.924. The van der Waals surface area contributed by atoms with Crippen molar-refractivity contribution in [1.82, 2.24) is 0 Å². The first-order valence-corrected chi connectivity index (χ1v) is 8.57. The highest BCUT2D eigenvalue weighted by atomic mass is 14.8. The molecule has 0 fully saturated rings. The molecule has 0 saturated carbocycles. The first-order chi connectivity index (χ1) is 11.2. The van der Waals surface area contributed by atoms with E-state index in [2.05, 4.69) is 56.1 Å². The van der Waals surface area contributed by atoms with Crippen LogP contribution in [0.15, 0.2) is 40.3 Å². The van der Waals surface area contributed by atoms with Crippen molar-refractivity contribution >= 4 is 22.8 Å². The molecular weight excluding hydrogens is 280 g/mol. The molecule has 0 aromatic heterocycles. The molecular formula is C21H22N2. The van der Waals surface area contributed by atoms with Crippen LogP contribution in [0.3, 0.4) is 0 Å². The SMILES string of the molecule is CCc1cc(CC)cc(C2=Nc3cc4c(cc3C2)N=C(C)C4)c1. The summed E-state index contributed by atoms with van der Waals surface area (Å²) in [6.07, 6.45) is 4.04. The van der Waals surface area contributed by atoms with Crippen molar-refractivity contribution in [3.8, 4) is 0 Å². The van der Waals surface area contributed by atoms with Crippen molar-refractivity contribution in [2.24, 2.45) is 9.98 Å². The Kier molecular flexibility index (Phi) is 3.41. The monoisotopic (exact) mass is 302 g/mol. The van der Waals surface area contributed by atoms with E-state index in [-0.39, 0.29) is 0 Å². The Morgan fingerprint density at radius 1 is 0.783 bits per heavy atom. The number of rotatable bonds is 3. The molecule has 2 heterocycles. The van der Waals surface area contributed by atoms with Crippen LogP contribution in [0.5, 0.6) is 0 Å². The maximum atomic E-state index is 4.94. The lowest BCUT2D eigenvalue weighted by molar-refractivity contribution is 1.08. The minimum absolute atomic E-state index is 0.924. The van der Waals surface area contributed by atoms with Gasteiger partial charge in [0.2, 0.25) is 0 Å². The van der Waals surface area contributed by atoms with Crippen LogP contribution in [-0.2, 0) is 25.7 Å². The van der Waals surface area contributed by atoms with Crippen molar-refractivity contribution in [3.05, 3.63) is 58.1 Å². The number of nitrogens with zero attached hydrogens (tertiary/aromatic N) is 2. The van der Waals surface area contributed by atoms with Gasteiger partial charge in [0.15, 0.2) is 0 Å². The number of benzene rings is 2. The van der Waals surface area contributed by atoms with Crippen LogP contribution in [0.2, 0.25) is 0 Å². The second-order valence-corrected chi connectivity index (χ2v) is 6.61. The van der Waals surface area contributed by atoms with Gasteiger partial charge in [-0.1, -0.05) is 19.9 Å². The lowest BCUT2D eigenvalue weighted by Gasteiger charge is -2.07. The zero-order valence-electron chi connectivity index (χ0n) is 14.1. The summed E-state index contributed by atoms with van der Waals surface area (Å²) in [7, 11) is 0. The summed E-state index contributed by atoms with van der Waals surface area (Å²) in [6.45, 7) is 6.53. The molecule has 116 valence electrons. The average molecular weight is 302 g/mol. The number of hydrogen-bond donors (Lipinski definition) is 0. The van der Waals surface area contributed by atoms with Gasteiger partial charge < -0.3 is 0 Å². The Hall–Kier alpha value is -2.22. The molecule has 0 aliphatic carbocycles. The van der Waals surface area contributed by atoms with Crippen molar-refractivity contribution in [2.45, 2.75) is 46.5 Å². The third-order valence-corrected chi connectivity index (χ3v) is 4.85. The van der Waals surface area contributed by atoms with Gasteiger partial charge in [0.05, 0.1) is 17.1 Å². The van der Waals surface area contributed by atoms with Crippen LogP contribution in [0, 0.1) is 0 Å². The topological polar surface area (TPSA) is 24.7 Å². The van der Waals surface area contributed by atoms with Crippen molar-refractivity contribution in [1.29, 1.82) is 0 Å². The summed E-state index contributed by atoms with van der Waals surface area (Å²) in [5.74, 6) is 0. The largest absolute Gasteiger partial charge is 0.257 e. The molecule has 2 aliphatic rings. The Bertz CT molecular complexity index is 834. The third kappa shape index (κ3) is 2.52. The van der Waals surface area contributed by atoms with E-state index in [1.54, 1.807) is 0 Å². The molecule has 23 heavy (non-hydrogen) atoms. The molecule has 0 radical (unpaired) electrons. The van der Waals surface area contributed by atoms with Gasteiger partial charge in [-0.15, -0.1) is 0 Å². The maximum Gasteiger partial charge on any atom is 0.0673 e. The van der Waals surface area contributed by atoms with E-state index in [1.807, 2.05) is 0 Å². The third-order valence-electron chi connectivity index (χ3n) is 4.85. The highest BCUT2D eigenvalue weighted by molar-refractivity contribution is 6.07. The summed E-state index contributed by atoms with van der Waals surface area (Å²) >= 11 is 0. The highest BCUT2D eigenvalue weighted by Crippen LogP contribution is 2.37. The van der Waals surface area contributed by atoms with Crippen molar-refractivity contribution in [2.75, 3.05) is 0 Å². The van der Waals surface area contributed by atoms with E-state index in [0.717, 1.165) is 37.1 Å². The second kappa shape index (κ2) is 5.45. The van der Waals surface area contributed by atoms with E-state index in [9.17, 15) is 0 Å². The fourth-order valence-corrected chi connectivity index (χ4v) is 3.54. The first-order valence-electron chi connectivity index (χ1n) is 8.57. The maximum absolute atomic E-state index is 4.94. The second-order valence-electron chi connectivity index (χ2n) is 6.61. The Balaban J connectivity index is 1.72. The first kappa shape index (κ1) is 14.4. The fourth-order valence-electron chi connectivity index (χ4n) is 3.54. The Morgan fingerprint density at radius 2 is 1.39 bits per heavy atom. The Labute approximate surface area is 138 Å². The zero-order chi connectivity index (χ0) is 16.0. The minimum Gasteiger partial charge on any atom is -0.257 e. The van der Waals surface area contributed by atoms with E-state index < -0.39 is 0 Å². The van der Waals surface area contributed by atoms with E-state index in [4.69, 9.17) is 4.99 Å². The summed E-state index contributed by atoms with van der Waals surface area (Å²) in [5.41, 5.74) is 11.4. The smallest absolute Gasteiger partial charge is 0.0673 e. The number of hydrogen-bond acceptors (Lipinski definition) is 2. The summed E-state index contributed by atoms with van der Waals surface area (Å²) < 4.78 is 0. The molecule has 0 N–H and O–H groups in total. The molecule has 0 unspecified atom stereocenters.